The summed E-state index contributed by atoms with van der Waals surface area (Å²) in [4.78, 5) is 78.7. The van der Waals surface area contributed by atoms with Crippen molar-refractivity contribution in [2.45, 2.75) is 45.4 Å². The zero-order valence-corrected chi connectivity index (χ0v) is 35.7. The predicted octanol–water partition coefficient (Wildman–Crippen LogP) is 2.24. The summed E-state index contributed by atoms with van der Waals surface area (Å²) in [5, 5.41) is 43.6. The molecule has 1 fully saturated rings. The highest BCUT2D eigenvalue weighted by Crippen LogP contribution is 2.34. The van der Waals surface area contributed by atoms with Crippen LogP contribution >= 0.6 is 67.8 Å². The molecule has 1 aromatic rings. The van der Waals surface area contributed by atoms with Crippen molar-refractivity contribution in [1.82, 2.24) is 24.9 Å². The van der Waals surface area contributed by atoms with Gasteiger partial charge in [0.1, 0.15) is 0 Å². The van der Waals surface area contributed by atoms with Crippen molar-refractivity contribution in [2.75, 3.05) is 90.4 Å². The molecule has 1 saturated heterocycles. The topological polar surface area (TPSA) is 220 Å². The fourth-order valence-corrected chi connectivity index (χ4v) is 9.73. The van der Waals surface area contributed by atoms with Crippen LogP contribution in [-0.2, 0) is 35.2 Å². The van der Waals surface area contributed by atoms with E-state index in [0.717, 1.165) is 16.3 Å². The zero-order chi connectivity index (χ0) is 38.8. The fraction of sp³-hybridized carbons (Fsp3) is 0.636. The van der Waals surface area contributed by atoms with Crippen molar-refractivity contribution in [2.24, 2.45) is 5.92 Å². The maximum absolute atomic E-state index is 12.9. The number of aliphatic carboxylic acids is 4. The summed E-state index contributed by atoms with van der Waals surface area (Å²) in [5.41, 5.74) is 1.60. The van der Waals surface area contributed by atoms with Gasteiger partial charge in [-0.2, -0.15) is 0 Å². The Morgan fingerprint density at radius 2 is 1.13 bits per heavy atom. The maximum atomic E-state index is 12.9. The molecule has 1 unspecified atom stereocenters. The van der Waals surface area contributed by atoms with E-state index in [-0.39, 0.29) is 44.4 Å². The van der Waals surface area contributed by atoms with Crippen molar-refractivity contribution in [3.8, 4) is 0 Å². The quantitative estimate of drug-likeness (QED) is 0.0866. The molecule has 0 bridgehead atoms. The van der Waals surface area contributed by atoms with Gasteiger partial charge in [-0.3, -0.25) is 48.4 Å². The Kier molecular flexibility index (Phi) is 21.8. The zero-order valence-electron chi connectivity index (χ0n) is 29.3. The highest BCUT2D eigenvalue weighted by atomic mass is 127. The van der Waals surface area contributed by atoms with Crippen molar-refractivity contribution in [3.63, 3.8) is 0 Å². The van der Waals surface area contributed by atoms with Gasteiger partial charge in [0.15, 0.2) is 0 Å². The van der Waals surface area contributed by atoms with Crippen LogP contribution in [0, 0.1) is 16.6 Å². The molecular formula is C33H49I3N6O10. The van der Waals surface area contributed by atoms with Gasteiger partial charge in [0.25, 0.3) is 0 Å². The average Bonchev–Trinajstić information content (AvgIpc) is 3.05. The van der Waals surface area contributed by atoms with Crippen LogP contribution in [-0.4, -0.2) is 161 Å². The summed E-state index contributed by atoms with van der Waals surface area (Å²) in [6, 6.07) is 1.94. The second kappa shape index (κ2) is 24.5. The summed E-state index contributed by atoms with van der Waals surface area (Å²) in [5.74, 6) is -4.77. The monoisotopic (exact) mass is 1070 g/mol. The first kappa shape index (κ1) is 46.2. The maximum Gasteiger partial charge on any atom is 0.317 e. The number of halogens is 3. The first-order valence-electron chi connectivity index (χ1n) is 17.1. The van der Waals surface area contributed by atoms with E-state index in [4.69, 9.17) is 0 Å². The highest BCUT2D eigenvalue weighted by Gasteiger charge is 2.23. The molecule has 0 aromatic heterocycles. The van der Waals surface area contributed by atoms with Gasteiger partial charge in [-0.05, 0) is 105 Å². The molecule has 1 aromatic carbocycles. The summed E-state index contributed by atoms with van der Waals surface area (Å²) in [6.45, 7) is 4.12. The Labute approximate surface area is 344 Å². The molecule has 0 radical (unpaired) electrons. The number of hydrogen-bond donors (Lipinski definition) is 6. The number of hydrogen-bond acceptors (Lipinski definition) is 10. The van der Waals surface area contributed by atoms with Gasteiger partial charge in [0.2, 0.25) is 11.8 Å². The molecule has 1 heterocycles. The number of carbonyl (C=O) groups is 6. The molecule has 6 N–H and O–H groups in total. The van der Waals surface area contributed by atoms with Gasteiger partial charge >= 0.3 is 23.9 Å². The molecule has 16 nitrogen and oxygen atoms in total. The van der Waals surface area contributed by atoms with Crippen molar-refractivity contribution in [1.29, 1.82) is 0 Å². The summed E-state index contributed by atoms with van der Waals surface area (Å²) < 4.78 is 2.67. The van der Waals surface area contributed by atoms with Crippen LogP contribution < -0.4 is 10.6 Å². The van der Waals surface area contributed by atoms with E-state index in [2.05, 4.69) is 78.4 Å². The second-order valence-corrected chi connectivity index (χ2v) is 16.1. The third-order valence-electron chi connectivity index (χ3n) is 8.60. The summed E-state index contributed by atoms with van der Waals surface area (Å²) in [7, 11) is 0. The van der Waals surface area contributed by atoms with Gasteiger partial charge in [-0.25, -0.2) is 0 Å². The van der Waals surface area contributed by atoms with E-state index in [1.54, 1.807) is 14.7 Å². The smallest absolute Gasteiger partial charge is 0.317 e. The number of rotatable bonds is 19. The Bertz CT molecular complexity index is 1370. The van der Waals surface area contributed by atoms with Crippen LogP contribution in [0.5, 0.6) is 0 Å². The van der Waals surface area contributed by atoms with Gasteiger partial charge in [0, 0.05) is 76.0 Å². The van der Waals surface area contributed by atoms with Crippen LogP contribution in [0.1, 0.15) is 44.6 Å². The average molecular weight is 1070 g/mol. The number of unbranched alkanes of at least 4 members (excludes halogenated alkanes) is 2. The van der Waals surface area contributed by atoms with Crippen LogP contribution in [0.2, 0.25) is 0 Å². The number of benzene rings is 1. The standard InChI is InChI=1S/C33H49I3N6O10/c1-2-22(33(51)52)16-23-24(34)17-25(35)32(31(23)36)38-26(43)6-4-3-5-7-37-27(44)18-39-8-10-40(19-28(45)46)12-14-42(21-30(49)50)15-13-41(11-9-39)20-29(47)48/h17,22H,2-16,18-21H2,1H3,(H,37,44)(H,38,43)(H,45,46)(H,47,48)(H,49,50)(H,51,52). The Hall–Kier alpha value is -1.93. The second-order valence-electron chi connectivity index (χ2n) is 12.6. The highest BCUT2D eigenvalue weighted by molar-refractivity contribution is 14.1. The molecule has 0 aliphatic carbocycles. The lowest BCUT2D eigenvalue weighted by molar-refractivity contribution is -0.142. The molecule has 2 rings (SSSR count). The molecule has 19 heteroatoms. The number of nitrogens with one attached hydrogen (secondary N) is 2. The SMILES string of the molecule is CCC(Cc1c(I)cc(I)c(NC(=O)CCCCCNC(=O)CN2CCN(CC(=O)O)CCN(CC(=O)O)CCN(CC(=O)O)CC2)c1I)C(=O)O. The number of carboxylic acid groups (broad SMARTS) is 4. The number of nitrogens with zero attached hydrogens (tertiary/aromatic N) is 4. The van der Waals surface area contributed by atoms with Crippen LogP contribution in [0.4, 0.5) is 5.69 Å². The van der Waals surface area contributed by atoms with Crippen molar-refractivity contribution in [3.05, 3.63) is 22.3 Å². The fourth-order valence-electron chi connectivity index (χ4n) is 5.65. The van der Waals surface area contributed by atoms with E-state index in [9.17, 15) is 49.2 Å². The molecule has 0 saturated carbocycles. The molecule has 292 valence electrons. The molecule has 2 amide bonds. The third kappa shape index (κ3) is 17.9. The van der Waals surface area contributed by atoms with Crippen molar-refractivity contribution >= 4 is 109 Å². The van der Waals surface area contributed by atoms with E-state index >= 15 is 0 Å². The predicted molar refractivity (Wildman–Crippen MR) is 218 cm³/mol. The summed E-state index contributed by atoms with van der Waals surface area (Å²) in [6.07, 6.45) is 3.14. The first-order chi connectivity index (χ1) is 24.6. The van der Waals surface area contributed by atoms with Crippen LogP contribution in [0.25, 0.3) is 0 Å². The molecular weight excluding hydrogens is 1020 g/mol. The van der Waals surface area contributed by atoms with Crippen LogP contribution in [0.3, 0.4) is 0 Å². The number of carboxylic acids is 4. The van der Waals surface area contributed by atoms with E-state index in [1.165, 1.54) is 0 Å². The van der Waals surface area contributed by atoms with E-state index in [1.807, 2.05) is 17.9 Å². The van der Waals surface area contributed by atoms with E-state index in [0.29, 0.717) is 96.7 Å². The molecule has 0 spiro atoms. The third-order valence-corrected chi connectivity index (χ3v) is 11.6. The first-order valence-corrected chi connectivity index (χ1v) is 20.3. The molecule has 1 aliphatic heterocycles. The Balaban J connectivity index is 1.89. The van der Waals surface area contributed by atoms with Crippen molar-refractivity contribution < 1.29 is 49.2 Å². The normalized spacial score (nSPS) is 16.3. The van der Waals surface area contributed by atoms with Gasteiger partial charge in [-0.1, -0.05) is 13.3 Å². The minimum atomic E-state index is -1.03. The lowest BCUT2D eigenvalue weighted by Gasteiger charge is -2.32. The minimum Gasteiger partial charge on any atom is -0.481 e. The largest absolute Gasteiger partial charge is 0.481 e. The Morgan fingerprint density at radius 3 is 1.56 bits per heavy atom. The number of anilines is 1. The lowest BCUT2D eigenvalue weighted by atomic mass is 9.97. The number of amides is 2. The number of carbonyl (C=O) groups excluding carboxylic acids is 2. The van der Waals surface area contributed by atoms with Gasteiger partial charge in [0.05, 0.1) is 37.8 Å². The molecule has 52 heavy (non-hydrogen) atoms. The molecule has 1 atom stereocenters. The molecule has 1 aliphatic rings. The lowest BCUT2D eigenvalue weighted by Crippen LogP contribution is -2.49. The van der Waals surface area contributed by atoms with Crippen LogP contribution in [0.15, 0.2) is 6.07 Å². The van der Waals surface area contributed by atoms with Gasteiger partial charge in [-0.15, -0.1) is 0 Å². The van der Waals surface area contributed by atoms with Gasteiger partial charge < -0.3 is 31.1 Å². The Morgan fingerprint density at radius 1 is 0.673 bits per heavy atom. The van der Waals surface area contributed by atoms with E-state index < -0.39 is 29.8 Å². The summed E-state index contributed by atoms with van der Waals surface area (Å²) >= 11 is 6.55. The minimum absolute atomic E-state index is 0.0378.